The van der Waals surface area contributed by atoms with Gasteiger partial charge >= 0.3 is 0 Å². The number of benzene rings is 1. The molecule has 1 saturated heterocycles. The molecule has 1 aliphatic heterocycles. The van der Waals surface area contributed by atoms with Crippen LogP contribution >= 0.6 is 11.3 Å². The second kappa shape index (κ2) is 5.87. The van der Waals surface area contributed by atoms with Gasteiger partial charge in [-0.3, -0.25) is 4.90 Å². The van der Waals surface area contributed by atoms with E-state index in [-0.39, 0.29) is 0 Å². The second-order valence-corrected chi connectivity index (χ2v) is 6.19. The molecule has 100 valence electrons. The van der Waals surface area contributed by atoms with Crippen molar-refractivity contribution in [3.05, 3.63) is 46.8 Å². The molecule has 2 nitrogen and oxygen atoms in total. The summed E-state index contributed by atoms with van der Waals surface area (Å²) in [4.78, 5) is 5.27. The molecular weight excluding hydrogens is 254 g/mol. The Hall–Kier alpha value is -1.16. The van der Waals surface area contributed by atoms with Gasteiger partial charge in [0.1, 0.15) is 0 Å². The Kier molecular flexibility index (Phi) is 3.97. The zero-order valence-corrected chi connectivity index (χ0v) is 12.1. The highest BCUT2D eigenvalue weighted by molar-refractivity contribution is 7.15. The lowest BCUT2D eigenvalue weighted by atomic mass is 10.1. The van der Waals surface area contributed by atoms with Gasteiger partial charge in [-0.15, -0.1) is 11.3 Å². The number of morpholine rings is 1. The molecule has 0 spiro atoms. The third-order valence-corrected chi connectivity index (χ3v) is 4.60. The minimum atomic E-state index is 0.871. The summed E-state index contributed by atoms with van der Waals surface area (Å²) in [6.45, 7) is 7.03. The highest BCUT2D eigenvalue weighted by Crippen LogP contribution is 2.29. The minimum Gasteiger partial charge on any atom is -0.379 e. The van der Waals surface area contributed by atoms with Crippen molar-refractivity contribution in [3.63, 3.8) is 0 Å². The fourth-order valence-electron chi connectivity index (χ4n) is 2.32. The van der Waals surface area contributed by atoms with Crippen LogP contribution in [0.3, 0.4) is 0 Å². The largest absolute Gasteiger partial charge is 0.379 e. The summed E-state index contributed by atoms with van der Waals surface area (Å²) < 4.78 is 5.38. The molecule has 0 amide bonds. The first-order valence-corrected chi connectivity index (χ1v) is 7.59. The molecule has 2 aromatic rings. The van der Waals surface area contributed by atoms with Crippen molar-refractivity contribution in [3.8, 4) is 10.4 Å². The Bertz CT molecular complexity index is 526. The highest BCUT2D eigenvalue weighted by Gasteiger charge is 2.12. The molecule has 3 heteroatoms. The van der Waals surface area contributed by atoms with Crippen LogP contribution in [0.1, 0.15) is 10.4 Å². The quantitative estimate of drug-likeness (QED) is 0.848. The molecule has 3 rings (SSSR count). The van der Waals surface area contributed by atoms with Gasteiger partial charge in [0, 0.05) is 29.4 Å². The van der Waals surface area contributed by atoms with Gasteiger partial charge < -0.3 is 4.74 Å². The third-order valence-electron chi connectivity index (χ3n) is 3.48. The number of hydrogen-bond acceptors (Lipinski definition) is 3. The fraction of sp³-hybridized carbons (Fsp3) is 0.375. The monoisotopic (exact) mass is 273 g/mol. The molecule has 0 aliphatic carbocycles. The first-order valence-electron chi connectivity index (χ1n) is 6.77. The molecular formula is C16H19NOS. The Morgan fingerprint density at radius 2 is 1.79 bits per heavy atom. The Morgan fingerprint density at radius 3 is 2.53 bits per heavy atom. The summed E-state index contributed by atoms with van der Waals surface area (Å²) in [5, 5.41) is 0. The van der Waals surface area contributed by atoms with Gasteiger partial charge in [-0.1, -0.05) is 29.8 Å². The number of thiophene rings is 1. The molecule has 0 bridgehead atoms. The van der Waals surface area contributed by atoms with Crippen molar-refractivity contribution in [1.82, 2.24) is 4.90 Å². The van der Waals surface area contributed by atoms with Crippen LogP contribution in [0.2, 0.25) is 0 Å². The molecule has 19 heavy (non-hydrogen) atoms. The summed E-state index contributed by atoms with van der Waals surface area (Å²) in [6, 6.07) is 13.3. The van der Waals surface area contributed by atoms with Crippen LogP contribution in [-0.4, -0.2) is 31.2 Å². The molecule has 1 aliphatic rings. The summed E-state index contributed by atoms with van der Waals surface area (Å²) in [6.07, 6.45) is 0. The maximum absolute atomic E-state index is 5.38. The van der Waals surface area contributed by atoms with E-state index >= 15 is 0 Å². The standard InChI is InChI=1S/C16H19NOS/c1-13-2-4-14(5-3-13)16-7-6-15(19-16)12-17-8-10-18-11-9-17/h2-7H,8-12H2,1H3. The lowest BCUT2D eigenvalue weighted by Crippen LogP contribution is -2.35. The van der Waals surface area contributed by atoms with E-state index < -0.39 is 0 Å². The average molecular weight is 273 g/mol. The molecule has 0 atom stereocenters. The minimum absolute atomic E-state index is 0.871. The normalized spacial score (nSPS) is 16.7. The van der Waals surface area contributed by atoms with Gasteiger partial charge in [-0.05, 0) is 24.6 Å². The maximum Gasteiger partial charge on any atom is 0.0594 e. The van der Waals surface area contributed by atoms with E-state index in [4.69, 9.17) is 4.74 Å². The van der Waals surface area contributed by atoms with E-state index in [1.165, 1.54) is 20.9 Å². The highest BCUT2D eigenvalue weighted by atomic mass is 32.1. The molecule has 1 aromatic carbocycles. The maximum atomic E-state index is 5.38. The smallest absolute Gasteiger partial charge is 0.0594 e. The predicted octanol–water partition coefficient (Wildman–Crippen LogP) is 3.56. The SMILES string of the molecule is Cc1ccc(-c2ccc(CN3CCOCC3)s2)cc1. The molecule has 0 unspecified atom stereocenters. The van der Waals surface area contributed by atoms with E-state index in [0.717, 1.165) is 32.8 Å². The fourth-order valence-corrected chi connectivity index (χ4v) is 3.37. The molecule has 1 fully saturated rings. The predicted molar refractivity (Wildman–Crippen MR) is 80.6 cm³/mol. The topological polar surface area (TPSA) is 12.5 Å². The van der Waals surface area contributed by atoms with Gasteiger partial charge in [0.05, 0.1) is 13.2 Å². The Labute approximate surface area is 118 Å². The zero-order chi connectivity index (χ0) is 13.1. The van der Waals surface area contributed by atoms with Gasteiger partial charge in [0.25, 0.3) is 0 Å². The Morgan fingerprint density at radius 1 is 1.05 bits per heavy atom. The lowest BCUT2D eigenvalue weighted by molar-refractivity contribution is 0.0346. The number of ether oxygens (including phenoxy) is 1. The molecule has 0 N–H and O–H groups in total. The zero-order valence-electron chi connectivity index (χ0n) is 11.3. The average Bonchev–Trinajstić information content (AvgIpc) is 2.89. The summed E-state index contributed by atoms with van der Waals surface area (Å²) in [7, 11) is 0. The van der Waals surface area contributed by atoms with Crippen molar-refractivity contribution in [2.45, 2.75) is 13.5 Å². The van der Waals surface area contributed by atoms with Crippen molar-refractivity contribution < 1.29 is 4.74 Å². The van der Waals surface area contributed by atoms with Crippen LogP contribution in [0.15, 0.2) is 36.4 Å². The number of aryl methyl sites for hydroxylation is 1. The van der Waals surface area contributed by atoms with E-state index in [1.54, 1.807) is 0 Å². The van der Waals surface area contributed by atoms with Gasteiger partial charge in [-0.2, -0.15) is 0 Å². The van der Waals surface area contributed by atoms with Gasteiger partial charge in [0.2, 0.25) is 0 Å². The van der Waals surface area contributed by atoms with Crippen LogP contribution in [0.4, 0.5) is 0 Å². The Balaban J connectivity index is 1.70. The summed E-state index contributed by atoms with van der Waals surface area (Å²) >= 11 is 1.90. The van der Waals surface area contributed by atoms with E-state index in [1.807, 2.05) is 11.3 Å². The van der Waals surface area contributed by atoms with Crippen molar-refractivity contribution >= 4 is 11.3 Å². The van der Waals surface area contributed by atoms with E-state index in [9.17, 15) is 0 Å². The van der Waals surface area contributed by atoms with Gasteiger partial charge in [-0.25, -0.2) is 0 Å². The number of rotatable bonds is 3. The molecule has 2 heterocycles. The van der Waals surface area contributed by atoms with E-state index in [0.29, 0.717) is 0 Å². The molecule has 1 aromatic heterocycles. The summed E-state index contributed by atoms with van der Waals surface area (Å²) in [5.41, 5.74) is 2.64. The first kappa shape index (κ1) is 12.9. The van der Waals surface area contributed by atoms with Crippen LogP contribution in [0.5, 0.6) is 0 Å². The van der Waals surface area contributed by atoms with Crippen LogP contribution < -0.4 is 0 Å². The van der Waals surface area contributed by atoms with Crippen LogP contribution in [0, 0.1) is 6.92 Å². The van der Waals surface area contributed by atoms with Crippen LogP contribution in [0.25, 0.3) is 10.4 Å². The molecule has 0 saturated carbocycles. The molecule has 0 radical (unpaired) electrons. The van der Waals surface area contributed by atoms with Crippen molar-refractivity contribution in [2.75, 3.05) is 26.3 Å². The number of hydrogen-bond donors (Lipinski definition) is 0. The third kappa shape index (κ3) is 3.24. The number of nitrogens with zero attached hydrogens (tertiary/aromatic N) is 1. The van der Waals surface area contributed by atoms with Crippen LogP contribution in [-0.2, 0) is 11.3 Å². The second-order valence-electron chi connectivity index (χ2n) is 5.02. The van der Waals surface area contributed by atoms with Crippen molar-refractivity contribution in [2.24, 2.45) is 0 Å². The first-order chi connectivity index (χ1) is 9.31. The van der Waals surface area contributed by atoms with Gasteiger partial charge in [0.15, 0.2) is 0 Å². The lowest BCUT2D eigenvalue weighted by Gasteiger charge is -2.25. The van der Waals surface area contributed by atoms with Crippen molar-refractivity contribution in [1.29, 1.82) is 0 Å². The summed E-state index contributed by atoms with van der Waals surface area (Å²) in [5.74, 6) is 0. The van der Waals surface area contributed by atoms with E-state index in [2.05, 4.69) is 48.2 Å².